The summed E-state index contributed by atoms with van der Waals surface area (Å²) in [6, 6.07) is 16.7. The maximum absolute atomic E-state index is 12.6. The van der Waals surface area contributed by atoms with Gasteiger partial charge in [0.15, 0.2) is 0 Å². The summed E-state index contributed by atoms with van der Waals surface area (Å²) in [4.78, 5) is 12.6. The lowest BCUT2D eigenvalue weighted by molar-refractivity contribution is -0.119. The molecule has 5 heteroatoms. The Morgan fingerprint density at radius 1 is 0.571 bits per heavy atom. The minimum atomic E-state index is 0.318. The molecule has 0 spiro atoms. The molecule has 0 atom stereocenters. The molecule has 2 aliphatic carbocycles. The Kier molecular flexibility index (Phi) is 14.9. The zero-order chi connectivity index (χ0) is 29.4. The zero-order valence-electron chi connectivity index (χ0n) is 25.6. The van der Waals surface area contributed by atoms with Gasteiger partial charge in [0.05, 0.1) is 13.2 Å². The van der Waals surface area contributed by atoms with E-state index in [1.54, 1.807) is 0 Å². The third-order valence-corrected chi connectivity index (χ3v) is 10.2. The number of ketones is 1. The van der Waals surface area contributed by atoms with E-state index in [4.69, 9.17) is 32.7 Å². The van der Waals surface area contributed by atoms with E-state index in [1.165, 1.54) is 75.3 Å². The highest BCUT2D eigenvalue weighted by atomic mass is 35.5. The average molecular weight is 616 g/mol. The van der Waals surface area contributed by atoms with Crippen molar-refractivity contribution in [3.05, 3.63) is 59.7 Å². The number of carbonyl (C=O) groups excluding carboxylic acids is 1. The minimum Gasteiger partial charge on any atom is -0.493 e. The van der Waals surface area contributed by atoms with Gasteiger partial charge in [0.2, 0.25) is 0 Å². The molecule has 0 aromatic heterocycles. The fraction of sp³-hybridized carbons (Fsp3) is 0.649. The fourth-order valence-electron chi connectivity index (χ4n) is 6.73. The first-order valence-electron chi connectivity index (χ1n) is 16.7. The molecule has 0 heterocycles. The molecule has 2 fully saturated rings. The number of hydrogen-bond acceptors (Lipinski definition) is 3. The zero-order valence-corrected chi connectivity index (χ0v) is 27.1. The highest BCUT2D eigenvalue weighted by Crippen LogP contribution is 2.33. The summed E-state index contributed by atoms with van der Waals surface area (Å²) in [6.45, 7) is 1.62. The molecule has 0 aliphatic heterocycles. The molecule has 2 aromatic carbocycles. The third kappa shape index (κ3) is 12.1. The van der Waals surface area contributed by atoms with Gasteiger partial charge >= 0.3 is 0 Å². The molecule has 0 bridgehead atoms. The lowest BCUT2D eigenvalue weighted by Crippen LogP contribution is -2.20. The molecule has 0 saturated heterocycles. The molecule has 0 unspecified atom stereocenters. The Labute approximate surface area is 265 Å². The van der Waals surface area contributed by atoms with Crippen molar-refractivity contribution in [2.75, 3.05) is 25.0 Å². The van der Waals surface area contributed by atoms with Crippen LogP contribution in [0.4, 0.5) is 0 Å². The van der Waals surface area contributed by atoms with Crippen molar-refractivity contribution < 1.29 is 14.3 Å². The first-order valence-corrected chi connectivity index (χ1v) is 17.7. The van der Waals surface area contributed by atoms with E-state index in [2.05, 4.69) is 48.5 Å². The third-order valence-electron chi connectivity index (χ3n) is 9.63. The van der Waals surface area contributed by atoms with Gasteiger partial charge in [0.25, 0.3) is 0 Å². The summed E-state index contributed by atoms with van der Waals surface area (Å²) in [6.07, 6.45) is 17.9. The molecule has 0 radical (unpaired) electrons. The van der Waals surface area contributed by atoms with Crippen LogP contribution in [-0.2, 0) is 17.6 Å². The van der Waals surface area contributed by atoms with Crippen LogP contribution in [0.15, 0.2) is 48.5 Å². The Morgan fingerprint density at radius 2 is 0.929 bits per heavy atom. The lowest BCUT2D eigenvalue weighted by atomic mass is 9.80. The summed E-state index contributed by atoms with van der Waals surface area (Å²) >= 11 is 11.7. The molecule has 42 heavy (non-hydrogen) atoms. The van der Waals surface area contributed by atoms with Crippen LogP contribution in [0.3, 0.4) is 0 Å². The second-order valence-electron chi connectivity index (χ2n) is 12.9. The lowest BCUT2D eigenvalue weighted by Gasteiger charge is -2.28. The van der Waals surface area contributed by atoms with Crippen LogP contribution >= 0.6 is 23.2 Å². The first kappa shape index (κ1) is 33.2. The minimum absolute atomic E-state index is 0.318. The van der Waals surface area contributed by atoms with Crippen LogP contribution in [0.1, 0.15) is 101 Å². The van der Waals surface area contributed by atoms with Crippen LogP contribution in [0.5, 0.6) is 11.5 Å². The number of ether oxygens (including phenoxy) is 2. The predicted molar refractivity (Wildman–Crippen MR) is 176 cm³/mol. The number of halogens is 2. The monoisotopic (exact) mass is 614 g/mol. The second kappa shape index (κ2) is 18.8. The summed E-state index contributed by atoms with van der Waals surface area (Å²) in [5.74, 6) is 6.82. The standard InChI is InChI=1S/C37H52Cl2O3/c38-25-1-3-29-5-9-33(10-6-29)27-41-36-21-15-31(16-22-36)13-19-35(40)20-14-32-17-23-37(24-18-32)42-28-34-11-7-30(8-12-34)4-2-26-39/h15-18,21-24,29-30,33-34H,1-14,19-20,25-28H2/t29-,30-,33-,34-. The molecule has 0 N–H and O–H groups in total. The Morgan fingerprint density at radius 3 is 1.29 bits per heavy atom. The van der Waals surface area contributed by atoms with Gasteiger partial charge in [0, 0.05) is 24.6 Å². The number of rotatable bonds is 18. The van der Waals surface area contributed by atoms with Gasteiger partial charge in [-0.3, -0.25) is 4.79 Å². The number of Topliss-reactive ketones (excluding diaryl/α,β-unsaturated/α-hetero) is 1. The molecule has 2 aromatic rings. The van der Waals surface area contributed by atoms with Gasteiger partial charge in [-0.05, 0) is 123 Å². The normalized spacial score (nSPS) is 22.5. The van der Waals surface area contributed by atoms with Crippen molar-refractivity contribution >= 4 is 29.0 Å². The number of alkyl halides is 2. The van der Waals surface area contributed by atoms with E-state index in [0.29, 0.717) is 30.5 Å². The Balaban J connectivity index is 1.06. The van der Waals surface area contributed by atoms with Crippen LogP contribution in [0.25, 0.3) is 0 Å². The molecule has 4 rings (SSSR count). The van der Waals surface area contributed by atoms with Crippen molar-refractivity contribution in [1.29, 1.82) is 0 Å². The quantitative estimate of drug-likeness (QED) is 0.157. The van der Waals surface area contributed by atoms with Crippen molar-refractivity contribution in [2.24, 2.45) is 23.7 Å². The van der Waals surface area contributed by atoms with Gasteiger partial charge in [-0.15, -0.1) is 23.2 Å². The maximum atomic E-state index is 12.6. The van der Waals surface area contributed by atoms with E-state index in [9.17, 15) is 4.79 Å². The van der Waals surface area contributed by atoms with Crippen molar-refractivity contribution in [2.45, 2.75) is 103 Å². The van der Waals surface area contributed by atoms with Gasteiger partial charge < -0.3 is 9.47 Å². The van der Waals surface area contributed by atoms with Crippen molar-refractivity contribution in [1.82, 2.24) is 0 Å². The molecule has 3 nitrogen and oxygen atoms in total. The largest absolute Gasteiger partial charge is 0.493 e. The highest BCUT2D eigenvalue weighted by molar-refractivity contribution is 6.18. The number of carbonyl (C=O) groups is 1. The predicted octanol–water partition coefficient (Wildman–Crippen LogP) is 10.2. The highest BCUT2D eigenvalue weighted by Gasteiger charge is 2.22. The van der Waals surface area contributed by atoms with E-state index in [-0.39, 0.29) is 0 Å². The smallest absolute Gasteiger partial charge is 0.133 e. The number of aryl methyl sites for hydroxylation is 2. The van der Waals surface area contributed by atoms with Crippen LogP contribution in [-0.4, -0.2) is 30.8 Å². The first-order chi connectivity index (χ1) is 20.6. The van der Waals surface area contributed by atoms with Crippen LogP contribution in [0.2, 0.25) is 0 Å². The summed E-state index contributed by atoms with van der Waals surface area (Å²) in [7, 11) is 0. The summed E-state index contributed by atoms with van der Waals surface area (Å²) < 4.78 is 12.2. The number of hydrogen-bond donors (Lipinski definition) is 0. The van der Waals surface area contributed by atoms with E-state index >= 15 is 0 Å². The van der Waals surface area contributed by atoms with Crippen LogP contribution < -0.4 is 9.47 Å². The average Bonchev–Trinajstić information content (AvgIpc) is 3.04. The van der Waals surface area contributed by atoms with Crippen molar-refractivity contribution in [3.63, 3.8) is 0 Å². The maximum Gasteiger partial charge on any atom is 0.133 e. The molecular formula is C37H52Cl2O3. The summed E-state index contributed by atoms with van der Waals surface area (Å²) in [5, 5.41) is 0. The van der Waals surface area contributed by atoms with Gasteiger partial charge in [0.1, 0.15) is 17.3 Å². The molecular weight excluding hydrogens is 563 g/mol. The van der Waals surface area contributed by atoms with Gasteiger partial charge in [-0.1, -0.05) is 49.9 Å². The molecule has 2 aliphatic rings. The van der Waals surface area contributed by atoms with Gasteiger partial charge in [-0.2, -0.15) is 0 Å². The fourth-order valence-corrected chi connectivity index (χ4v) is 7.04. The van der Waals surface area contributed by atoms with E-state index in [0.717, 1.165) is 74.0 Å². The SMILES string of the molecule is O=C(CCc1ccc(OC[C@H]2CC[C@H](CCCCl)CC2)cc1)CCc1ccc(OC[C@H]2CC[C@H](CCCCl)CC2)cc1. The second-order valence-corrected chi connectivity index (χ2v) is 13.6. The Bertz CT molecular complexity index is 925. The van der Waals surface area contributed by atoms with Crippen LogP contribution in [0, 0.1) is 23.7 Å². The summed E-state index contributed by atoms with van der Waals surface area (Å²) in [5.41, 5.74) is 2.39. The number of benzene rings is 2. The molecule has 0 amide bonds. The molecule has 2 saturated carbocycles. The van der Waals surface area contributed by atoms with E-state index in [1.807, 2.05) is 0 Å². The Hall–Kier alpha value is -1.71. The van der Waals surface area contributed by atoms with Crippen molar-refractivity contribution in [3.8, 4) is 11.5 Å². The topological polar surface area (TPSA) is 35.5 Å². The van der Waals surface area contributed by atoms with E-state index < -0.39 is 0 Å². The van der Waals surface area contributed by atoms with Gasteiger partial charge in [-0.25, -0.2) is 0 Å². The molecule has 232 valence electrons.